The lowest BCUT2D eigenvalue weighted by Gasteiger charge is -2.30. The Labute approximate surface area is 230 Å². The first kappa shape index (κ1) is 26.4. The molecule has 11 nitrogen and oxygen atoms in total. The maximum absolute atomic E-state index is 14.1. The lowest BCUT2D eigenvalue weighted by molar-refractivity contribution is -0.143. The number of imidazole rings is 1. The van der Waals surface area contributed by atoms with Crippen molar-refractivity contribution < 1.29 is 23.1 Å². The lowest BCUT2D eigenvalue weighted by atomic mass is 9.95. The van der Waals surface area contributed by atoms with Crippen molar-refractivity contribution >= 4 is 34.6 Å². The van der Waals surface area contributed by atoms with Crippen LogP contribution in [0.2, 0.25) is 0 Å². The molecule has 0 saturated carbocycles. The third-order valence-electron chi connectivity index (χ3n) is 7.87. The zero-order valence-electron chi connectivity index (χ0n) is 22.3. The van der Waals surface area contributed by atoms with Gasteiger partial charge in [-0.25, -0.2) is 13.8 Å². The molecule has 0 aliphatic carbocycles. The van der Waals surface area contributed by atoms with Crippen LogP contribution in [0.15, 0.2) is 30.3 Å². The summed E-state index contributed by atoms with van der Waals surface area (Å²) in [6.45, 7) is 3.83. The predicted molar refractivity (Wildman–Crippen MR) is 144 cm³/mol. The van der Waals surface area contributed by atoms with Gasteiger partial charge in [0.1, 0.15) is 11.6 Å². The topological polar surface area (TPSA) is 109 Å². The van der Waals surface area contributed by atoms with E-state index >= 15 is 0 Å². The first-order valence-electron chi connectivity index (χ1n) is 13.6. The van der Waals surface area contributed by atoms with E-state index in [1.807, 2.05) is 9.80 Å². The van der Waals surface area contributed by atoms with E-state index < -0.39 is 6.43 Å². The molecule has 1 aromatic carbocycles. The van der Waals surface area contributed by atoms with E-state index in [2.05, 4.69) is 10.3 Å². The standard InChI is InChI=1S/C27H32F2N8O3/c1-34-8-6-17(14-23(34)38)26(39)36-9-7-18(16-36)30-21-15-22(33-27(32-21)35-10-12-40-13-11-35)37-20-5-3-2-4-19(20)31-25(37)24(28)29/h2-5,15,17-18,24H,6-14,16H2,1H3,(H,30,32,33)/t17?,18-/m0/s1. The molecule has 5 heterocycles. The number of ether oxygens (including phenoxy) is 1. The molecule has 3 aliphatic heterocycles. The van der Waals surface area contributed by atoms with Crippen LogP contribution in [-0.2, 0) is 14.3 Å². The Kier molecular flexibility index (Phi) is 7.22. The van der Waals surface area contributed by atoms with E-state index in [4.69, 9.17) is 14.7 Å². The number of para-hydroxylation sites is 2. The molecule has 2 amide bonds. The maximum Gasteiger partial charge on any atom is 0.296 e. The quantitative estimate of drug-likeness (QED) is 0.495. The highest BCUT2D eigenvalue weighted by Crippen LogP contribution is 2.30. The molecule has 3 saturated heterocycles. The number of carbonyl (C=O) groups is 2. The fraction of sp³-hybridized carbons (Fsp3) is 0.519. The van der Waals surface area contributed by atoms with Crippen LogP contribution in [0, 0.1) is 5.92 Å². The fourth-order valence-electron chi connectivity index (χ4n) is 5.65. The minimum absolute atomic E-state index is 0.00202. The molecule has 1 N–H and O–H groups in total. The zero-order chi connectivity index (χ0) is 27.8. The summed E-state index contributed by atoms with van der Waals surface area (Å²) in [5.41, 5.74) is 0.983. The molecule has 0 spiro atoms. The summed E-state index contributed by atoms with van der Waals surface area (Å²) in [5.74, 6) is 0.522. The number of morpholine rings is 1. The summed E-state index contributed by atoms with van der Waals surface area (Å²) in [7, 11) is 1.76. The largest absolute Gasteiger partial charge is 0.378 e. The number of benzene rings is 1. The SMILES string of the molecule is CN1CCC(C(=O)N2CC[C@H](Nc3cc(-n4c(C(F)F)nc5ccccc54)nc(N4CCOCC4)n3)C2)CC1=O. The number of hydrogen-bond acceptors (Lipinski definition) is 8. The average molecular weight is 555 g/mol. The highest BCUT2D eigenvalue weighted by molar-refractivity contribution is 5.87. The van der Waals surface area contributed by atoms with Gasteiger partial charge in [-0.3, -0.25) is 14.2 Å². The molecule has 3 aromatic rings. The Morgan fingerprint density at radius 3 is 2.65 bits per heavy atom. The zero-order valence-corrected chi connectivity index (χ0v) is 22.3. The van der Waals surface area contributed by atoms with Crippen LogP contribution >= 0.6 is 0 Å². The van der Waals surface area contributed by atoms with Gasteiger partial charge in [0.25, 0.3) is 6.43 Å². The van der Waals surface area contributed by atoms with Gasteiger partial charge in [-0.2, -0.15) is 9.97 Å². The number of rotatable bonds is 6. The average Bonchev–Trinajstić information content (AvgIpc) is 3.59. The van der Waals surface area contributed by atoms with Gasteiger partial charge in [0.2, 0.25) is 17.8 Å². The van der Waals surface area contributed by atoms with Crippen LogP contribution in [0.4, 0.5) is 20.5 Å². The number of likely N-dealkylation sites (tertiary alicyclic amines) is 2. The van der Waals surface area contributed by atoms with Gasteiger partial charge in [0, 0.05) is 64.2 Å². The van der Waals surface area contributed by atoms with Crippen molar-refractivity contribution in [2.75, 3.05) is 63.2 Å². The van der Waals surface area contributed by atoms with E-state index in [0.29, 0.717) is 87.4 Å². The third kappa shape index (κ3) is 5.17. The second kappa shape index (κ2) is 11.0. The highest BCUT2D eigenvalue weighted by atomic mass is 19.3. The van der Waals surface area contributed by atoms with Crippen molar-refractivity contribution in [2.24, 2.45) is 5.92 Å². The Balaban J connectivity index is 1.28. The number of alkyl halides is 2. The number of amides is 2. The molecular weight excluding hydrogens is 522 g/mol. The summed E-state index contributed by atoms with van der Waals surface area (Å²) >= 11 is 0. The van der Waals surface area contributed by atoms with E-state index in [1.54, 1.807) is 42.3 Å². The van der Waals surface area contributed by atoms with E-state index in [0.717, 1.165) is 0 Å². The van der Waals surface area contributed by atoms with Gasteiger partial charge in [-0.05, 0) is 25.0 Å². The minimum Gasteiger partial charge on any atom is -0.378 e. The van der Waals surface area contributed by atoms with Gasteiger partial charge in [0.05, 0.1) is 24.2 Å². The maximum atomic E-state index is 14.1. The van der Waals surface area contributed by atoms with Crippen molar-refractivity contribution in [3.63, 3.8) is 0 Å². The van der Waals surface area contributed by atoms with Crippen molar-refractivity contribution in [3.8, 4) is 5.82 Å². The number of aromatic nitrogens is 4. The first-order valence-corrected chi connectivity index (χ1v) is 13.6. The molecule has 0 bridgehead atoms. The minimum atomic E-state index is -2.80. The number of anilines is 2. The Bertz CT molecular complexity index is 1410. The Morgan fingerprint density at radius 2 is 1.88 bits per heavy atom. The summed E-state index contributed by atoms with van der Waals surface area (Å²) in [6.07, 6.45) is -1.19. The van der Waals surface area contributed by atoms with Crippen LogP contribution in [-0.4, -0.2) is 100 Å². The number of carbonyl (C=O) groups excluding carboxylic acids is 2. The van der Waals surface area contributed by atoms with Crippen LogP contribution in [0.3, 0.4) is 0 Å². The number of nitrogens with zero attached hydrogens (tertiary/aromatic N) is 7. The second-order valence-electron chi connectivity index (χ2n) is 10.5. The van der Waals surface area contributed by atoms with Crippen LogP contribution < -0.4 is 10.2 Å². The molecule has 0 radical (unpaired) electrons. The lowest BCUT2D eigenvalue weighted by Crippen LogP contribution is -2.43. The molecule has 3 aliphatic rings. The van der Waals surface area contributed by atoms with E-state index in [1.165, 1.54) is 4.57 Å². The van der Waals surface area contributed by atoms with Gasteiger partial charge < -0.3 is 24.8 Å². The molecule has 2 aromatic heterocycles. The number of nitrogens with one attached hydrogen (secondary N) is 1. The molecule has 1 unspecified atom stereocenters. The fourth-order valence-corrected chi connectivity index (χ4v) is 5.65. The predicted octanol–water partition coefficient (Wildman–Crippen LogP) is 2.47. The molecular formula is C27H32F2N8O3. The summed E-state index contributed by atoms with van der Waals surface area (Å²) < 4.78 is 35.1. The second-order valence-corrected chi connectivity index (χ2v) is 10.5. The number of halogens is 2. The normalized spacial score (nSPS) is 22.0. The molecule has 3 fully saturated rings. The molecule has 40 heavy (non-hydrogen) atoms. The van der Waals surface area contributed by atoms with Crippen molar-refractivity contribution in [1.29, 1.82) is 0 Å². The monoisotopic (exact) mass is 554 g/mol. The van der Waals surface area contributed by atoms with Crippen LogP contribution in [0.5, 0.6) is 0 Å². The van der Waals surface area contributed by atoms with Crippen molar-refractivity contribution in [2.45, 2.75) is 31.7 Å². The molecule has 13 heteroatoms. The van der Waals surface area contributed by atoms with E-state index in [-0.39, 0.29) is 36.0 Å². The van der Waals surface area contributed by atoms with Crippen LogP contribution in [0.25, 0.3) is 16.9 Å². The smallest absolute Gasteiger partial charge is 0.296 e. The molecule has 6 rings (SSSR count). The van der Waals surface area contributed by atoms with Crippen molar-refractivity contribution in [1.82, 2.24) is 29.3 Å². The first-order chi connectivity index (χ1) is 19.4. The van der Waals surface area contributed by atoms with Crippen LogP contribution in [0.1, 0.15) is 31.5 Å². The molecule has 2 atom stereocenters. The Morgan fingerprint density at radius 1 is 1.07 bits per heavy atom. The van der Waals surface area contributed by atoms with Crippen molar-refractivity contribution in [3.05, 3.63) is 36.2 Å². The van der Waals surface area contributed by atoms with Gasteiger partial charge >= 0.3 is 0 Å². The number of hydrogen-bond donors (Lipinski definition) is 1. The molecule has 212 valence electrons. The number of piperidine rings is 1. The summed E-state index contributed by atoms with van der Waals surface area (Å²) in [5, 5.41) is 3.42. The Hall–Kier alpha value is -3.87. The summed E-state index contributed by atoms with van der Waals surface area (Å²) in [4.78, 5) is 44.3. The van der Waals surface area contributed by atoms with Gasteiger partial charge in [0.15, 0.2) is 5.82 Å². The van der Waals surface area contributed by atoms with Gasteiger partial charge in [-0.15, -0.1) is 0 Å². The summed E-state index contributed by atoms with van der Waals surface area (Å²) in [6, 6.07) is 8.55. The van der Waals surface area contributed by atoms with E-state index in [9.17, 15) is 18.4 Å². The third-order valence-corrected chi connectivity index (χ3v) is 7.87. The highest BCUT2D eigenvalue weighted by Gasteiger charge is 2.35. The number of fused-ring (bicyclic) bond motifs is 1. The van der Waals surface area contributed by atoms with Gasteiger partial charge in [-0.1, -0.05) is 12.1 Å².